The highest BCUT2D eigenvalue weighted by Crippen LogP contribution is 2.33. The normalized spacial score (nSPS) is 12.7. The Morgan fingerprint density at radius 1 is 1.29 bits per heavy atom. The summed E-state index contributed by atoms with van der Waals surface area (Å²) in [7, 11) is 0. The van der Waals surface area contributed by atoms with Crippen LogP contribution in [0.1, 0.15) is 30.4 Å². The highest BCUT2D eigenvalue weighted by atomic mass is 32.2. The number of hydrogen-bond donors (Lipinski definition) is 1. The van der Waals surface area contributed by atoms with Crippen molar-refractivity contribution in [2.45, 2.75) is 49.8 Å². The molecule has 0 radical (unpaired) electrons. The third-order valence-electron chi connectivity index (χ3n) is 3.28. The fourth-order valence-corrected chi connectivity index (χ4v) is 2.69. The lowest BCUT2D eigenvalue weighted by Crippen LogP contribution is -2.21. The van der Waals surface area contributed by atoms with E-state index >= 15 is 0 Å². The lowest BCUT2D eigenvalue weighted by molar-refractivity contribution is 0.429. The van der Waals surface area contributed by atoms with E-state index in [4.69, 9.17) is 10.2 Å². The summed E-state index contributed by atoms with van der Waals surface area (Å²) in [5, 5.41) is 0.237. The number of aryl methyl sites for hydroxylation is 2. The van der Waals surface area contributed by atoms with E-state index in [1.807, 2.05) is 6.92 Å². The lowest BCUT2D eigenvalue weighted by Gasteiger charge is -2.10. The van der Waals surface area contributed by atoms with Gasteiger partial charge in [0.05, 0.1) is 10.6 Å². The van der Waals surface area contributed by atoms with Crippen LogP contribution >= 0.6 is 11.8 Å². The van der Waals surface area contributed by atoms with E-state index in [1.54, 1.807) is 13.8 Å². The second-order valence-electron chi connectivity index (χ2n) is 4.98. The lowest BCUT2D eigenvalue weighted by atomic mass is 10.0. The molecular formula is C15H18F2N2OS. The van der Waals surface area contributed by atoms with Crippen LogP contribution in [-0.2, 0) is 6.42 Å². The first-order valence-corrected chi connectivity index (χ1v) is 7.57. The fraction of sp³-hybridized carbons (Fsp3) is 0.400. The van der Waals surface area contributed by atoms with Crippen LogP contribution < -0.4 is 5.73 Å². The van der Waals surface area contributed by atoms with E-state index in [2.05, 4.69) is 4.98 Å². The highest BCUT2D eigenvalue weighted by Gasteiger charge is 2.17. The van der Waals surface area contributed by atoms with Crippen molar-refractivity contribution in [2.24, 2.45) is 5.73 Å². The Morgan fingerprint density at radius 3 is 2.38 bits per heavy atom. The second-order valence-corrected chi connectivity index (χ2v) is 5.95. The number of rotatable bonds is 5. The zero-order valence-electron chi connectivity index (χ0n) is 12.2. The molecule has 0 amide bonds. The molecule has 3 nitrogen and oxygen atoms in total. The fourth-order valence-electron chi connectivity index (χ4n) is 1.85. The molecule has 0 saturated heterocycles. The van der Waals surface area contributed by atoms with Gasteiger partial charge >= 0.3 is 0 Å². The summed E-state index contributed by atoms with van der Waals surface area (Å²) < 4.78 is 33.5. The van der Waals surface area contributed by atoms with Gasteiger partial charge in [0.15, 0.2) is 0 Å². The van der Waals surface area contributed by atoms with E-state index in [-0.39, 0.29) is 16.2 Å². The SMILES string of the molecule is CCC(N)Cc1cc(F)c(Sc2nc(C)c(C)o2)c(F)c1. The van der Waals surface area contributed by atoms with Gasteiger partial charge in [-0.3, -0.25) is 0 Å². The molecule has 2 aromatic rings. The minimum absolute atomic E-state index is 0.0978. The maximum absolute atomic E-state index is 14.1. The van der Waals surface area contributed by atoms with Gasteiger partial charge in [-0.25, -0.2) is 13.8 Å². The number of hydrogen-bond acceptors (Lipinski definition) is 4. The predicted molar refractivity (Wildman–Crippen MR) is 78.4 cm³/mol. The van der Waals surface area contributed by atoms with Crippen molar-refractivity contribution in [3.05, 3.63) is 40.8 Å². The largest absolute Gasteiger partial charge is 0.436 e. The summed E-state index contributed by atoms with van der Waals surface area (Å²) >= 11 is 0.850. The molecular weight excluding hydrogens is 294 g/mol. The third kappa shape index (κ3) is 3.83. The topological polar surface area (TPSA) is 52.0 Å². The minimum atomic E-state index is -0.619. The van der Waals surface area contributed by atoms with E-state index in [9.17, 15) is 8.78 Å². The molecule has 0 aliphatic rings. The molecule has 21 heavy (non-hydrogen) atoms. The van der Waals surface area contributed by atoms with Crippen LogP contribution in [0.3, 0.4) is 0 Å². The second kappa shape index (κ2) is 6.58. The Labute approximate surface area is 126 Å². The van der Waals surface area contributed by atoms with Crippen LogP contribution in [0.5, 0.6) is 0 Å². The molecule has 1 atom stereocenters. The van der Waals surface area contributed by atoms with Crippen LogP contribution in [0.25, 0.3) is 0 Å². The van der Waals surface area contributed by atoms with Crippen molar-refractivity contribution in [1.29, 1.82) is 0 Å². The van der Waals surface area contributed by atoms with Gasteiger partial charge < -0.3 is 10.2 Å². The van der Waals surface area contributed by atoms with Crippen molar-refractivity contribution in [1.82, 2.24) is 4.98 Å². The molecule has 2 rings (SSSR count). The number of benzene rings is 1. The van der Waals surface area contributed by atoms with Crippen molar-refractivity contribution in [3.63, 3.8) is 0 Å². The molecule has 0 saturated carbocycles. The maximum atomic E-state index is 14.1. The molecule has 0 aliphatic carbocycles. The van der Waals surface area contributed by atoms with Crippen LogP contribution in [0, 0.1) is 25.5 Å². The number of halogens is 2. The first-order valence-electron chi connectivity index (χ1n) is 6.76. The Kier molecular flexibility index (Phi) is 5.00. The van der Waals surface area contributed by atoms with Crippen LogP contribution in [0.4, 0.5) is 8.78 Å². The number of aromatic nitrogens is 1. The third-order valence-corrected chi connectivity index (χ3v) is 4.22. The van der Waals surface area contributed by atoms with Crippen LogP contribution in [0.15, 0.2) is 26.7 Å². The van der Waals surface area contributed by atoms with Crippen LogP contribution in [0.2, 0.25) is 0 Å². The molecule has 6 heteroatoms. The molecule has 0 aliphatic heterocycles. The van der Waals surface area contributed by atoms with E-state index in [0.29, 0.717) is 23.4 Å². The van der Waals surface area contributed by atoms with Crippen molar-refractivity contribution in [2.75, 3.05) is 0 Å². The maximum Gasteiger partial charge on any atom is 0.261 e. The molecule has 1 unspecified atom stereocenters. The summed E-state index contributed by atoms with van der Waals surface area (Å²) in [5.74, 6) is -0.595. The van der Waals surface area contributed by atoms with Crippen molar-refractivity contribution in [3.8, 4) is 0 Å². The number of nitrogens with zero attached hydrogens (tertiary/aromatic N) is 1. The molecule has 114 valence electrons. The van der Waals surface area contributed by atoms with Crippen molar-refractivity contribution < 1.29 is 13.2 Å². The summed E-state index contributed by atoms with van der Waals surface area (Å²) in [5.41, 5.74) is 7.08. The van der Waals surface area contributed by atoms with Gasteiger partial charge in [0.2, 0.25) is 0 Å². The number of nitrogens with two attached hydrogens (primary N) is 1. The minimum Gasteiger partial charge on any atom is -0.436 e. The van der Waals surface area contributed by atoms with Gasteiger partial charge in [0.1, 0.15) is 17.4 Å². The van der Waals surface area contributed by atoms with Gasteiger partial charge in [-0.2, -0.15) is 0 Å². The first-order chi connectivity index (χ1) is 9.90. The molecule has 1 heterocycles. The zero-order valence-corrected chi connectivity index (χ0v) is 13.1. The van der Waals surface area contributed by atoms with Gasteiger partial charge in [-0.05, 0) is 56.1 Å². The van der Waals surface area contributed by atoms with E-state index in [0.717, 1.165) is 18.2 Å². The van der Waals surface area contributed by atoms with Gasteiger partial charge in [-0.1, -0.05) is 6.92 Å². The summed E-state index contributed by atoms with van der Waals surface area (Å²) in [6.45, 7) is 5.48. The molecule has 0 spiro atoms. The Balaban J connectivity index is 2.24. The zero-order chi connectivity index (χ0) is 15.6. The molecule has 0 fully saturated rings. The quantitative estimate of drug-likeness (QED) is 0.906. The molecule has 1 aromatic carbocycles. The average Bonchev–Trinajstić information content (AvgIpc) is 2.73. The van der Waals surface area contributed by atoms with Crippen molar-refractivity contribution >= 4 is 11.8 Å². The number of oxazole rings is 1. The first kappa shape index (κ1) is 16.0. The van der Waals surface area contributed by atoms with E-state index < -0.39 is 11.6 Å². The summed E-state index contributed by atoms with van der Waals surface area (Å²) in [4.78, 5) is 4.01. The summed E-state index contributed by atoms with van der Waals surface area (Å²) in [6, 6.07) is 2.55. The van der Waals surface area contributed by atoms with E-state index in [1.165, 1.54) is 12.1 Å². The molecule has 1 aromatic heterocycles. The summed E-state index contributed by atoms with van der Waals surface area (Å²) in [6.07, 6.45) is 1.21. The Bertz CT molecular complexity index is 600. The smallest absolute Gasteiger partial charge is 0.261 e. The van der Waals surface area contributed by atoms with Gasteiger partial charge in [0, 0.05) is 6.04 Å². The van der Waals surface area contributed by atoms with Gasteiger partial charge in [0.25, 0.3) is 5.22 Å². The standard InChI is InChI=1S/C15H18F2N2OS/c1-4-11(18)5-10-6-12(16)14(13(17)7-10)21-15-19-8(2)9(3)20-15/h6-7,11H,4-5,18H2,1-3H3. The highest BCUT2D eigenvalue weighted by molar-refractivity contribution is 7.99. The Hall–Kier alpha value is -1.40. The molecule has 0 bridgehead atoms. The Morgan fingerprint density at radius 2 is 1.90 bits per heavy atom. The molecule has 2 N–H and O–H groups in total. The van der Waals surface area contributed by atoms with Crippen LogP contribution in [-0.4, -0.2) is 11.0 Å². The average molecular weight is 312 g/mol. The predicted octanol–water partition coefficient (Wildman–Crippen LogP) is 4.00. The monoisotopic (exact) mass is 312 g/mol. The van der Waals surface area contributed by atoms with Gasteiger partial charge in [-0.15, -0.1) is 0 Å².